The number of nitrogens with one attached hydrogen (secondary N) is 1. The lowest BCUT2D eigenvalue weighted by molar-refractivity contribution is 0.0586. The lowest BCUT2D eigenvalue weighted by Gasteiger charge is -2.27. The van der Waals surface area contributed by atoms with E-state index in [4.69, 9.17) is 16.3 Å². The van der Waals surface area contributed by atoms with E-state index in [0.717, 1.165) is 26.1 Å². The van der Waals surface area contributed by atoms with Gasteiger partial charge < -0.3 is 4.74 Å². The molecule has 0 aromatic carbocycles. The molecule has 0 spiro atoms. The van der Waals surface area contributed by atoms with Crippen molar-refractivity contribution in [2.24, 2.45) is 5.92 Å². The van der Waals surface area contributed by atoms with Gasteiger partial charge in [0.05, 0.1) is 0 Å². The fourth-order valence-corrected chi connectivity index (χ4v) is 2.64. The number of alkyl halides is 1. The van der Waals surface area contributed by atoms with Gasteiger partial charge in [-0.2, -0.15) is 0 Å². The average Bonchev–Trinajstić information content (AvgIpc) is 2.19. The molecule has 0 aliphatic carbocycles. The van der Waals surface area contributed by atoms with Gasteiger partial charge in [0.25, 0.3) is 0 Å². The molecule has 1 aliphatic heterocycles. The number of rotatable bonds is 4. The molecule has 14 heavy (non-hydrogen) atoms. The van der Waals surface area contributed by atoms with Crippen LogP contribution in [0.2, 0.25) is 0 Å². The second-order valence-corrected chi connectivity index (χ2v) is 5.92. The molecular formula is C8H16ClNO3S. The summed E-state index contributed by atoms with van der Waals surface area (Å²) in [5.74, 6) is 0.363. The summed E-state index contributed by atoms with van der Waals surface area (Å²) in [5.41, 5.74) is 0. The van der Waals surface area contributed by atoms with Crippen LogP contribution >= 0.6 is 11.6 Å². The van der Waals surface area contributed by atoms with Gasteiger partial charge in [-0.25, -0.2) is 13.1 Å². The van der Waals surface area contributed by atoms with Gasteiger partial charge in [-0.05, 0) is 25.7 Å². The number of halogens is 1. The Kier molecular flexibility index (Phi) is 4.63. The van der Waals surface area contributed by atoms with Crippen LogP contribution in [0.25, 0.3) is 0 Å². The maximum absolute atomic E-state index is 11.2. The lowest BCUT2D eigenvalue weighted by Crippen LogP contribution is -2.40. The van der Waals surface area contributed by atoms with E-state index in [2.05, 4.69) is 4.72 Å². The Hall–Kier alpha value is 0.160. The average molecular weight is 242 g/mol. The van der Waals surface area contributed by atoms with Crippen molar-refractivity contribution in [3.63, 3.8) is 0 Å². The predicted octanol–water partition coefficient (Wildman–Crippen LogP) is 0.917. The highest BCUT2D eigenvalue weighted by molar-refractivity contribution is 7.90. The van der Waals surface area contributed by atoms with Gasteiger partial charge >= 0.3 is 0 Å². The number of hydrogen-bond acceptors (Lipinski definition) is 3. The molecule has 0 aromatic heterocycles. The standard InChI is InChI=1S/C8H16ClNO3S/c1-7(10-14(11,12)6-9)8-2-4-13-5-3-8/h7-8,10H,2-6H2,1H3. The van der Waals surface area contributed by atoms with Gasteiger partial charge in [0.15, 0.2) is 0 Å². The van der Waals surface area contributed by atoms with E-state index in [1.807, 2.05) is 6.92 Å². The molecule has 1 heterocycles. The summed E-state index contributed by atoms with van der Waals surface area (Å²) in [6.07, 6.45) is 1.82. The Labute approximate surface area is 90.0 Å². The first-order chi connectivity index (χ1) is 6.55. The first-order valence-corrected chi connectivity index (χ1v) is 6.87. The Morgan fingerprint density at radius 3 is 2.57 bits per heavy atom. The molecule has 4 nitrogen and oxygen atoms in total. The molecule has 0 aromatic rings. The highest BCUT2D eigenvalue weighted by Gasteiger charge is 2.23. The molecule has 6 heteroatoms. The highest BCUT2D eigenvalue weighted by Crippen LogP contribution is 2.19. The number of hydrogen-bond donors (Lipinski definition) is 1. The summed E-state index contributed by atoms with van der Waals surface area (Å²) in [7, 11) is -3.29. The Bertz CT molecular complexity index is 262. The van der Waals surface area contributed by atoms with Crippen molar-refractivity contribution < 1.29 is 13.2 Å². The first-order valence-electron chi connectivity index (χ1n) is 4.69. The highest BCUT2D eigenvalue weighted by atomic mass is 35.5. The molecule has 0 saturated carbocycles. The van der Waals surface area contributed by atoms with Crippen LogP contribution in [0.15, 0.2) is 0 Å². The molecule has 1 unspecified atom stereocenters. The van der Waals surface area contributed by atoms with Crippen LogP contribution in [0.1, 0.15) is 19.8 Å². The molecule has 1 N–H and O–H groups in total. The third kappa shape index (κ3) is 3.73. The van der Waals surface area contributed by atoms with Crippen LogP contribution in [-0.2, 0) is 14.8 Å². The van der Waals surface area contributed by atoms with Crippen LogP contribution in [0.5, 0.6) is 0 Å². The first kappa shape index (κ1) is 12.2. The van der Waals surface area contributed by atoms with Crippen molar-refractivity contribution in [3.8, 4) is 0 Å². The largest absolute Gasteiger partial charge is 0.381 e. The normalized spacial score (nSPS) is 22.1. The van der Waals surface area contributed by atoms with Crippen molar-refractivity contribution in [3.05, 3.63) is 0 Å². The molecule has 0 radical (unpaired) electrons. The van der Waals surface area contributed by atoms with Crippen molar-refractivity contribution in [1.29, 1.82) is 0 Å². The van der Waals surface area contributed by atoms with Gasteiger partial charge in [-0.3, -0.25) is 0 Å². The van der Waals surface area contributed by atoms with Crippen molar-refractivity contribution in [1.82, 2.24) is 4.72 Å². The van der Waals surface area contributed by atoms with E-state index >= 15 is 0 Å². The topological polar surface area (TPSA) is 55.4 Å². The Morgan fingerprint density at radius 2 is 2.07 bits per heavy atom. The zero-order valence-corrected chi connectivity index (χ0v) is 9.77. The molecule has 1 rings (SSSR count). The Balaban J connectivity index is 2.44. The van der Waals surface area contributed by atoms with Crippen molar-refractivity contribution in [2.75, 3.05) is 18.4 Å². The van der Waals surface area contributed by atoms with Gasteiger partial charge in [0, 0.05) is 19.3 Å². The minimum Gasteiger partial charge on any atom is -0.381 e. The quantitative estimate of drug-likeness (QED) is 0.745. The molecule has 0 amide bonds. The van der Waals surface area contributed by atoms with Crippen LogP contribution in [0, 0.1) is 5.92 Å². The Morgan fingerprint density at radius 1 is 1.50 bits per heavy atom. The summed E-state index contributed by atoms with van der Waals surface area (Å²) in [4.78, 5) is 0. The fourth-order valence-electron chi connectivity index (χ4n) is 1.63. The van der Waals surface area contributed by atoms with E-state index in [0.29, 0.717) is 5.92 Å². The minimum atomic E-state index is -3.29. The summed E-state index contributed by atoms with van der Waals surface area (Å²) in [5, 5.41) is -0.374. The molecular weight excluding hydrogens is 226 g/mol. The molecule has 0 bridgehead atoms. The number of sulfonamides is 1. The van der Waals surface area contributed by atoms with E-state index in [9.17, 15) is 8.42 Å². The zero-order chi connectivity index (χ0) is 10.6. The second-order valence-electron chi connectivity index (χ2n) is 3.58. The monoisotopic (exact) mass is 241 g/mol. The summed E-state index contributed by atoms with van der Waals surface area (Å²) in [6, 6.07) is -0.0531. The summed E-state index contributed by atoms with van der Waals surface area (Å²) < 4.78 is 30.1. The second kappa shape index (κ2) is 5.30. The summed E-state index contributed by atoms with van der Waals surface area (Å²) >= 11 is 5.30. The molecule has 1 aliphatic rings. The van der Waals surface area contributed by atoms with Crippen molar-refractivity contribution >= 4 is 21.6 Å². The predicted molar refractivity (Wildman–Crippen MR) is 55.8 cm³/mol. The van der Waals surface area contributed by atoms with E-state index < -0.39 is 10.0 Å². The van der Waals surface area contributed by atoms with Gasteiger partial charge in [0.1, 0.15) is 5.21 Å². The fraction of sp³-hybridized carbons (Fsp3) is 1.00. The SMILES string of the molecule is CC(NS(=O)(=O)CCl)C1CCOCC1. The third-order valence-corrected chi connectivity index (χ3v) is 4.36. The van der Waals surface area contributed by atoms with E-state index in [1.54, 1.807) is 0 Å². The van der Waals surface area contributed by atoms with Crippen LogP contribution in [0.3, 0.4) is 0 Å². The third-order valence-electron chi connectivity index (χ3n) is 2.48. The van der Waals surface area contributed by atoms with Crippen LogP contribution in [-0.4, -0.2) is 32.9 Å². The van der Waals surface area contributed by atoms with E-state index in [1.165, 1.54) is 0 Å². The lowest BCUT2D eigenvalue weighted by atomic mass is 9.94. The minimum absolute atomic E-state index is 0.0531. The maximum Gasteiger partial charge on any atom is 0.225 e. The molecule has 84 valence electrons. The number of ether oxygens (including phenoxy) is 1. The van der Waals surface area contributed by atoms with Crippen LogP contribution < -0.4 is 4.72 Å². The van der Waals surface area contributed by atoms with E-state index in [-0.39, 0.29) is 11.3 Å². The van der Waals surface area contributed by atoms with Gasteiger partial charge in [-0.15, -0.1) is 11.6 Å². The summed E-state index contributed by atoms with van der Waals surface area (Å²) in [6.45, 7) is 3.31. The smallest absolute Gasteiger partial charge is 0.225 e. The molecule has 1 atom stereocenters. The van der Waals surface area contributed by atoms with Crippen LogP contribution in [0.4, 0.5) is 0 Å². The van der Waals surface area contributed by atoms with Crippen molar-refractivity contribution in [2.45, 2.75) is 25.8 Å². The molecule has 1 fully saturated rings. The van der Waals surface area contributed by atoms with Gasteiger partial charge in [0.2, 0.25) is 10.0 Å². The van der Waals surface area contributed by atoms with Gasteiger partial charge in [-0.1, -0.05) is 0 Å². The molecule has 1 saturated heterocycles. The zero-order valence-electron chi connectivity index (χ0n) is 8.20. The maximum atomic E-state index is 11.2.